The number of carbonyl (C=O) groups is 1. The van der Waals surface area contributed by atoms with Gasteiger partial charge in [0.2, 0.25) is 0 Å². The molecule has 178 valence electrons. The third kappa shape index (κ3) is 5.78. The van der Waals surface area contributed by atoms with E-state index in [4.69, 9.17) is 17.0 Å². The topological polar surface area (TPSA) is 102 Å². The van der Waals surface area contributed by atoms with Gasteiger partial charge in [-0.3, -0.25) is 9.59 Å². The maximum atomic E-state index is 11.6. The minimum absolute atomic E-state index is 0.0944. The number of benzene rings is 1. The molecule has 2 aromatic rings. The van der Waals surface area contributed by atoms with Crippen LogP contribution in [0.5, 0.6) is 0 Å². The summed E-state index contributed by atoms with van der Waals surface area (Å²) in [6.07, 6.45) is 9.00. The largest absolute Gasteiger partial charge is 0.323 e. The molecule has 1 saturated heterocycles. The van der Waals surface area contributed by atoms with Crippen LogP contribution in [0.2, 0.25) is 5.02 Å². The Balaban J connectivity index is 0.000000968. The highest BCUT2D eigenvalue weighted by atomic mass is 35.5. The van der Waals surface area contributed by atoms with Crippen molar-refractivity contribution >= 4 is 24.1 Å². The summed E-state index contributed by atoms with van der Waals surface area (Å²) in [5.74, 6) is 0.608. The molecule has 4 rings (SSSR count). The standard InChI is InChI=1S/C23H27ClN4O2.C2H7N/c1-15-18(11-26-27-22(15)30)3-2-6-28-13-23(14-28)8-16(9-23)7-17-4-5-21(24)20(12-29)19(17)10-25;1-3-2/h4-5,10-12,16,25H,2-3,6-9,13-14H2,1H3,(H,27,30);3H,1-2H3. The number of aromatic amines is 1. The van der Waals surface area contributed by atoms with Crippen LogP contribution in [0.15, 0.2) is 23.1 Å². The molecule has 1 aromatic heterocycles. The number of nitrogens with one attached hydrogen (secondary N) is 3. The summed E-state index contributed by atoms with van der Waals surface area (Å²) in [5.41, 5.74) is 4.32. The van der Waals surface area contributed by atoms with Crippen LogP contribution in [0.3, 0.4) is 0 Å². The number of hydrogen-bond acceptors (Lipinski definition) is 6. The second kappa shape index (κ2) is 11.2. The SMILES string of the molecule is CNC.Cc1c(CCCN2CC3(CC(Cc4ccc(Cl)c(C=O)c4C=N)C3)C2)cn[nH]c1=O. The van der Waals surface area contributed by atoms with Crippen molar-refractivity contribution in [2.24, 2.45) is 11.3 Å². The lowest BCUT2D eigenvalue weighted by Gasteiger charge is -2.59. The van der Waals surface area contributed by atoms with Gasteiger partial charge < -0.3 is 15.6 Å². The molecule has 33 heavy (non-hydrogen) atoms. The van der Waals surface area contributed by atoms with E-state index >= 15 is 0 Å². The van der Waals surface area contributed by atoms with Crippen LogP contribution in [0.25, 0.3) is 0 Å². The molecule has 0 atom stereocenters. The molecule has 1 spiro atoms. The van der Waals surface area contributed by atoms with Crippen LogP contribution in [-0.4, -0.2) is 61.3 Å². The molecule has 3 N–H and O–H groups in total. The van der Waals surface area contributed by atoms with Crippen LogP contribution >= 0.6 is 11.6 Å². The summed E-state index contributed by atoms with van der Waals surface area (Å²) in [6.45, 7) is 5.20. The molecule has 2 heterocycles. The van der Waals surface area contributed by atoms with Crippen molar-refractivity contribution in [3.05, 3.63) is 61.5 Å². The fraction of sp³-hybridized carbons (Fsp3) is 0.520. The summed E-state index contributed by atoms with van der Waals surface area (Å²) >= 11 is 6.09. The minimum atomic E-state index is -0.0944. The van der Waals surface area contributed by atoms with E-state index < -0.39 is 0 Å². The Labute approximate surface area is 200 Å². The number of H-pyrrole nitrogens is 1. The fourth-order valence-electron chi connectivity index (χ4n) is 5.30. The number of nitrogens with zero attached hydrogens (tertiary/aromatic N) is 2. The van der Waals surface area contributed by atoms with Gasteiger partial charge in [-0.2, -0.15) is 5.10 Å². The van der Waals surface area contributed by atoms with Crippen LogP contribution < -0.4 is 10.9 Å². The zero-order valence-corrected chi connectivity index (χ0v) is 20.5. The Morgan fingerprint density at radius 2 is 1.97 bits per heavy atom. The zero-order chi connectivity index (χ0) is 24.0. The number of hydrogen-bond donors (Lipinski definition) is 3. The van der Waals surface area contributed by atoms with E-state index in [1.54, 1.807) is 12.3 Å². The van der Waals surface area contributed by atoms with Gasteiger partial charge in [-0.1, -0.05) is 17.7 Å². The highest BCUT2D eigenvalue weighted by molar-refractivity contribution is 6.33. The summed E-state index contributed by atoms with van der Waals surface area (Å²) < 4.78 is 0. The molecule has 2 fully saturated rings. The molecule has 0 amide bonds. The molecular formula is C25H34ClN5O2. The molecule has 0 radical (unpaired) electrons. The van der Waals surface area contributed by atoms with Crippen LogP contribution in [0.4, 0.5) is 0 Å². The first-order valence-corrected chi connectivity index (χ1v) is 11.8. The van der Waals surface area contributed by atoms with Crippen molar-refractivity contribution in [2.75, 3.05) is 33.7 Å². The van der Waals surface area contributed by atoms with Gasteiger partial charge in [0.1, 0.15) is 0 Å². The maximum Gasteiger partial charge on any atom is 0.267 e. The molecule has 8 heteroatoms. The molecule has 7 nitrogen and oxygen atoms in total. The number of carbonyl (C=O) groups excluding carboxylic acids is 1. The van der Waals surface area contributed by atoms with Crippen molar-refractivity contribution in [3.63, 3.8) is 0 Å². The predicted octanol–water partition coefficient (Wildman–Crippen LogP) is 3.26. The van der Waals surface area contributed by atoms with Crippen molar-refractivity contribution in [2.45, 2.75) is 39.0 Å². The minimum Gasteiger partial charge on any atom is -0.323 e. The number of aryl methyl sites for hydroxylation is 1. The molecule has 2 aliphatic rings. The summed E-state index contributed by atoms with van der Waals surface area (Å²) in [7, 11) is 3.75. The van der Waals surface area contributed by atoms with Crippen LogP contribution in [0.1, 0.15) is 51.9 Å². The second-order valence-corrected chi connectivity index (χ2v) is 9.85. The highest BCUT2D eigenvalue weighted by Gasteiger charge is 2.51. The van der Waals surface area contributed by atoms with Crippen molar-refractivity contribution in [1.29, 1.82) is 5.41 Å². The first kappa shape index (κ1) is 25.3. The van der Waals surface area contributed by atoms with Gasteiger partial charge in [-0.15, -0.1) is 0 Å². The highest BCUT2D eigenvalue weighted by Crippen LogP contribution is 2.53. The van der Waals surface area contributed by atoms with Gasteiger partial charge in [0.05, 0.1) is 11.2 Å². The van der Waals surface area contributed by atoms with Crippen molar-refractivity contribution < 1.29 is 4.79 Å². The number of likely N-dealkylation sites (tertiary alicyclic amines) is 1. The molecule has 0 bridgehead atoms. The Hall–Kier alpha value is -2.35. The van der Waals surface area contributed by atoms with Gasteiger partial charge in [0, 0.05) is 36.0 Å². The molecule has 1 aromatic carbocycles. The van der Waals surface area contributed by atoms with Crippen LogP contribution in [-0.2, 0) is 12.8 Å². The molecule has 1 aliphatic carbocycles. The Morgan fingerprint density at radius 3 is 2.61 bits per heavy atom. The number of halogens is 1. The van der Waals surface area contributed by atoms with E-state index in [1.165, 1.54) is 19.1 Å². The predicted molar refractivity (Wildman–Crippen MR) is 133 cm³/mol. The van der Waals surface area contributed by atoms with E-state index in [1.807, 2.05) is 27.1 Å². The number of aldehydes is 1. The lowest BCUT2D eigenvalue weighted by molar-refractivity contribution is -0.0937. The third-order valence-corrected chi connectivity index (χ3v) is 7.12. The fourth-order valence-corrected chi connectivity index (χ4v) is 5.51. The van der Waals surface area contributed by atoms with Gasteiger partial charge in [-0.05, 0) is 88.2 Å². The Kier molecular flexibility index (Phi) is 8.57. The quantitative estimate of drug-likeness (QED) is 0.405. The van der Waals surface area contributed by atoms with E-state index in [0.717, 1.165) is 61.9 Å². The Morgan fingerprint density at radius 1 is 1.27 bits per heavy atom. The average molecular weight is 472 g/mol. The Bertz CT molecular complexity index is 1040. The van der Waals surface area contributed by atoms with Crippen molar-refractivity contribution in [3.8, 4) is 0 Å². The van der Waals surface area contributed by atoms with E-state index in [-0.39, 0.29) is 5.56 Å². The molecule has 1 saturated carbocycles. The third-order valence-electron chi connectivity index (χ3n) is 6.79. The average Bonchev–Trinajstić information content (AvgIpc) is 2.74. The van der Waals surface area contributed by atoms with Crippen molar-refractivity contribution in [1.82, 2.24) is 20.4 Å². The normalized spacial score (nSPS) is 17.0. The molecule has 0 unspecified atom stereocenters. The smallest absolute Gasteiger partial charge is 0.267 e. The summed E-state index contributed by atoms with van der Waals surface area (Å²) in [4.78, 5) is 25.4. The number of aromatic nitrogens is 2. The van der Waals surface area contributed by atoms with Gasteiger partial charge in [-0.25, -0.2) is 5.10 Å². The van der Waals surface area contributed by atoms with E-state index in [2.05, 4.69) is 20.4 Å². The number of rotatable bonds is 8. The maximum absolute atomic E-state index is 11.6. The van der Waals surface area contributed by atoms with Gasteiger partial charge in [0.25, 0.3) is 5.56 Å². The first-order chi connectivity index (χ1) is 15.9. The monoisotopic (exact) mass is 471 g/mol. The van der Waals surface area contributed by atoms with E-state index in [9.17, 15) is 9.59 Å². The van der Waals surface area contributed by atoms with Gasteiger partial charge in [0.15, 0.2) is 6.29 Å². The summed E-state index contributed by atoms with van der Waals surface area (Å²) in [6, 6.07) is 3.73. The molecular weight excluding hydrogens is 438 g/mol. The lowest BCUT2D eigenvalue weighted by atomic mass is 9.56. The molecule has 1 aliphatic heterocycles. The first-order valence-electron chi connectivity index (χ1n) is 11.5. The van der Waals surface area contributed by atoms with Crippen LogP contribution in [0, 0.1) is 23.7 Å². The van der Waals surface area contributed by atoms with Gasteiger partial charge >= 0.3 is 0 Å². The summed E-state index contributed by atoms with van der Waals surface area (Å²) in [5, 5.41) is 17.2. The zero-order valence-electron chi connectivity index (χ0n) is 19.7. The lowest BCUT2D eigenvalue weighted by Crippen LogP contribution is -2.62. The second-order valence-electron chi connectivity index (χ2n) is 9.44. The van der Waals surface area contributed by atoms with E-state index in [0.29, 0.717) is 27.5 Å².